The highest BCUT2D eigenvalue weighted by Gasteiger charge is 2.35. The van der Waals surface area contributed by atoms with Gasteiger partial charge in [-0.1, -0.05) is 0 Å². The average Bonchev–Trinajstić information content (AvgIpc) is 2.70. The van der Waals surface area contributed by atoms with Gasteiger partial charge in [-0.05, 0) is 44.9 Å². The number of pyridine rings is 1. The van der Waals surface area contributed by atoms with E-state index in [4.69, 9.17) is 0 Å². The van der Waals surface area contributed by atoms with Gasteiger partial charge in [0, 0.05) is 6.20 Å². The van der Waals surface area contributed by atoms with E-state index in [-0.39, 0.29) is 5.91 Å². The molecule has 1 aliphatic rings. The highest BCUT2D eigenvalue weighted by molar-refractivity contribution is 5.98. The predicted molar refractivity (Wildman–Crippen MR) is 63.2 cm³/mol. The van der Waals surface area contributed by atoms with E-state index in [1.807, 2.05) is 19.9 Å². The summed E-state index contributed by atoms with van der Waals surface area (Å²) in [5.41, 5.74) is 1.40. The Morgan fingerprint density at radius 3 is 3.06 bits per heavy atom. The zero-order valence-corrected chi connectivity index (χ0v) is 9.71. The Bertz CT molecular complexity index is 397. The van der Waals surface area contributed by atoms with Crippen LogP contribution in [-0.4, -0.2) is 23.0 Å². The van der Waals surface area contributed by atoms with Gasteiger partial charge in [0.15, 0.2) is 0 Å². The molecule has 4 nitrogen and oxygen atoms in total. The first-order valence-electron chi connectivity index (χ1n) is 5.59. The number of anilines is 1. The van der Waals surface area contributed by atoms with Gasteiger partial charge in [-0.3, -0.25) is 9.78 Å². The number of nitrogens with one attached hydrogen (secondary N) is 2. The Kier molecular flexibility index (Phi) is 2.92. The van der Waals surface area contributed by atoms with E-state index in [2.05, 4.69) is 15.6 Å². The van der Waals surface area contributed by atoms with E-state index in [1.54, 1.807) is 12.4 Å². The molecule has 1 saturated heterocycles. The van der Waals surface area contributed by atoms with E-state index < -0.39 is 5.54 Å². The lowest BCUT2D eigenvalue weighted by atomic mass is 9.99. The fourth-order valence-electron chi connectivity index (χ4n) is 1.94. The number of aromatic nitrogens is 1. The van der Waals surface area contributed by atoms with Gasteiger partial charge >= 0.3 is 0 Å². The number of rotatable bonds is 2. The molecule has 0 aliphatic carbocycles. The molecule has 0 saturated carbocycles. The number of carbonyl (C=O) groups excluding carboxylic acids is 1. The Balaban J connectivity index is 2.10. The summed E-state index contributed by atoms with van der Waals surface area (Å²) in [5.74, 6) is 0.0288. The summed E-state index contributed by atoms with van der Waals surface area (Å²) < 4.78 is 0. The molecule has 2 N–H and O–H groups in total. The number of aryl methyl sites for hydroxylation is 1. The number of nitrogens with zero attached hydrogens (tertiary/aromatic N) is 1. The molecule has 2 heterocycles. The van der Waals surface area contributed by atoms with Crippen molar-refractivity contribution in [3.8, 4) is 0 Å². The standard InChI is InChI=1S/C12H17N3O/c1-9-4-7-13-8-10(9)15-11(16)12(2)5-3-6-14-12/h4,7-8,14H,3,5-6H2,1-2H3,(H,15,16). The molecule has 1 unspecified atom stereocenters. The molecule has 1 fully saturated rings. The van der Waals surface area contributed by atoms with E-state index in [1.165, 1.54) is 0 Å². The molecule has 2 rings (SSSR count). The minimum Gasteiger partial charge on any atom is -0.323 e. The first-order valence-corrected chi connectivity index (χ1v) is 5.59. The number of carbonyl (C=O) groups is 1. The molecule has 4 heteroatoms. The van der Waals surface area contributed by atoms with Crippen LogP contribution < -0.4 is 10.6 Å². The van der Waals surface area contributed by atoms with Gasteiger partial charge in [0.2, 0.25) is 5.91 Å². The van der Waals surface area contributed by atoms with Crippen LogP contribution in [0.1, 0.15) is 25.3 Å². The van der Waals surface area contributed by atoms with Crippen molar-refractivity contribution in [3.63, 3.8) is 0 Å². The number of hydrogen-bond donors (Lipinski definition) is 2. The van der Waals surface area contributed by atoms with Gasteiger partial charge < -0.3 is 10.6 Å². The molecule has 1 aliphatic heterocycles. The third-order valence-electron chi connectivity index (χ3n) is 3.16. The maximum absolute atomic E-state index is 12.1. The topological polar surface area (TPSA) is 54.0 Å². The largest absolute Gasteiger partial charge is 0.323 e. The summed E-state index contributed by atoms with van der Waals surface area (Å²) in [6.45, 7) is 4.82. The lowest BCUT2D eigenvalue weighted by Crippen LogP contribution is -2.48. The van der Waals surface area contributed by atoms with Crippen LogP contribution in [0.3, 0.4) is 0 Å². The molecule has 1 aromatic rings. The first kappa shape index (κ1) is 11.1. The van der Waals surface area contributed by atoms with Crippen LogP contribution in [0.2, 0.25) is 0 Å². The maximum Gasteiger partial charge on any atom is 0.244 e. The molecule has 0 spiro atoms. The van der Waals surface area contributed by atoms with Crippen molar-refractivity contribution in [1.29, 1.82) is 0 Å². The zero-order valence-electron chi connectivity index (χ0n) is 9.71. The summed E-state index contributed by atoms with van der Waals surface area (Å²) >= 11 is 0. The number of amides is 1. The summed E-state index contributed by atoms with van der Waals surface area (Å²) in [7, 11) is 0. The summed E-state index contributed by atoms with van der Waals surface area (Å²) in [6, 6.07) is 1.89. The smallest absolute Gasteiger partial charge is 0.244 e. The lowest BCUT2D eigenvalue weighted by Gasteiger charge is -2.23. The van der Waals surface area contributed by atoms with Gasteiger partial charge in [-0.25, -0.2) is 0 Å². The Morgan fingerprint density at radius 2 is 2.44 bits per heavy atom. The zero-order chi connectivity index (χ0) is 11.6. The molecule has 86 valence electrons. The first-order chi connectivity index (χ1) is 7.62. The molecule has 0 aromatic carbocycles. The molecule has 16 heavy (non-hydrogen) atoms. The molecule has 0 bridgehead atoms. The van der Waals surface area contributed by atoms with E-state index in [9.17, 15) is 4.79 Å². The second-order valence-electron chi connectivity index (χ2n) is 4.51. The van der Waals surface area contributed by atoms with Crippen molar-refractivity contribution in [3.05, 3.63) is 24.0 Å². The van der Waals surface area contributed by atoms with Crippen molar-refractivity contribution < 1.29 is 4.79 Å². The third kappa shape index (κ3) is 2.07. The molecule has 1 aromatic heterocycles. The summed E-state index contributed by atoms with van der Waals surface area (Å²) in [6.07, 6.45) is 5.35. The van der Waals surface area contributed by atoms with Crippen molar-refractivity contribution in [2.45, 2.75) is 32.2 Å². The molecule has 1 amide bonds. The molecular formula is C12H17N3O. The van der Waals surface area contributed by atoms with Crippen molar-refractivity contribution in [2.75, 3.05) is 11.9 Å². The van der Waals surface area contributed by atoms with E-state index in [0.717, 1.165) is 30.6 Å². The van der Waals surface area contributed by atoms with Crippen molar-refractivity contribution in [2.24, 2.45) is 0 Å². The monoisotopic (exact) mass is 219 g/mol. The fourth-order valence-corrected chi connectivity index (χ4v) is 1.94. The van der Waals surface area contributed by atoms with Gasteiger partial charge in [0.25, 0.3) is 0 Å². The van der Waals surface area contributed by atoms with Gasteiger partial charge in [0.1, 0.15) is 0 Å². The van der Waals surface area contributed by atoms with Crippen LogP contribution >= 0.6 is 0 Å². The van der Waals surface area contributed by atoms with Crippen LogP contribution in [-0.2, 0) is 4.79 Å². The molecule has 1 atom stereocenters. The Hall–Kier alpha value is -1.42. The highest BCUT2D eigenvalue weighted by atomic mass is 16.2. The van der Waals surface area contributed by atoms with Crippen molar-refractivity contribution >= 4 is 11.6 Å². The number of hydrogen-bond acceptors (Lipinski definition) is 3. The highest BCUT2D eigenvalue weighted by Crippen LogP contribution is 2.21. The fraction of sp³-hybridized carbons (Fsp3) is 0.500. The second kappa shape index (κ2) is 4.22. The third-order valence-corrected chi connectivity index (χ3v) is 3.16. The normalized spacial score (nSPS) is 24.4. The Labute approximate surface area is 95.5 Å². The van der Waals surface area contributed by atoms with Crippen LogP contribution in [0, 0.1) is 6.92 Å². The van der Waals surface area contributed by atoms with E-state index >= 15 is 0 Å². The van der Waals surface area contributed by atoms with Gasteiger partial charge in [-0.15, -0.1) is 0 Å². The molecular weight excluding hydrogens is 202 g/mol. The average molecular weight is 219 g/mol. The van der Waals surface area contributed by atoms with Gasteiger partial charge in [0.05, 0.1) is 17.4 Å². The Morgan fingerprint density at radius 1 is 1.62 bits per heavy atom. The van der Waals surface area contributed by atoms with Crippen LogP contribution in [0.15, 0.2) is 18.5 Å². The van der Waals surface area contributed by atoms with Crippen LogP contribution in [0.5, 0.6) is 0 Å². The second-order valence-corrected chi connectivity index (χ2v) is 4.51. The van der Waals surface area contributed by atoms with Crippen LogP contribution in [0.4, 0.5) is 5.69 Å². The maximum atomic E-state index is 12.1. The lowest BCUT2D eigenvalue weighted by molar-refractivity contribution is -0.121. The SMILES string of the molecule is Cc1ccncc1NC(=O)C1(C)CCCN1. The van der Waals surface area contributed by atoms with E-state index in [0.29, 0.717) is 0 Å². The van der Waals surface area contributed by atoms with Crippen molar-refractivity contribution in [1.82, 2.24) is 10.3 Å². The summed E-state index contributed by atoms with van der Waals surface area (Å²) in [5, 5.41) is 6.17. The summed E-state index contributed by atoms with van der Waals surface area (Å²) in [4.78, 5) is 16.1. The molecule has 0 radical (unpaired) electrons. The minimum atomic E-state index is -0.428. The quantitative estimate of drug-likeness (QED) is 0.792. The van der Waals surface area contributed by atoms with Gasteiger partial charge in [-0.2, -0.15) is 0 Å². The minimum absolute atomic E-state index is 0.0288. The van der Waals surface area contributed by atoms with Crippen LogP contribution in [0.25, 0.3) is 0 Å². The predicted octanol–water partition coefficient (Wildman–Crippen LogP) is 1.47.